The molecule has 1 aromatic carbocycles. The highest BCUT2D eigenvalue weighted by Crippen LogP contribution is 2.27. The van der Waals surface area contributed by atoms with E-state index in [0.717, 1.165) is 10.6 Å². The Morgan fingerprint density at radius 3 is 2.60 bits per heavy atom. The fourth-order valence-electron chi connectivity index (χ4n) is 2.31. The van der Waals surface area contributed by atoms with Crippen LogP contribution in [-0.4, -0.2) is 20.7 Å². The van der Waals surface area contributed by atoms with Gasteiger partial charge in [0, 0.05) is 17.8 Å². The molecule has 25 heavy (non-hydrogen) atoms. The highest BCUT2D eigenvalue weighted by Gasteiger charge is 2.11. The SMILES string of the molecule is CC(C)c1ccc(-c2nnc(NC(=O)Cn3ccccc3=O)s2)cc1. The molecule has 1 N–H and O–H groups in total. The van der Waals surface area contributed by atoms with Crippen LogP contribution in [-0.2, 0) is 11.3 Å². The fraction of sp³-hybridized carbons (Fsp3) is 0.222. The Bertz CT molecular complexity index is 929. The average molecular weight is 354 g/mol. The van der Waals surface area contributed by atoms with Gasteiger partial charge in [-0.2, -0.15) is 0 Å². The zero-order valence-corrected chi connectivity index (χ0v) is 14.8. The van der Waals surface area contributed by atoms with Crippen molar-refractivity contribution in [2.75, 3.05) is 5.32 Å². The molecule has 3 aromatic rings. The molecule has 7 heteroatoms. The molecule has 128 valence electrons. The Hall–Kier alpha value is -2.80. The molecule has 0 aliphatic heterocycles. The molecule has 0 unspecified atom stereocenters. The van der Waals surface area contributed by atoms with Gasteiger partial charge in [0.2, 0.25) is 11.0 Å². The Morgan fingerprint density at radius 1 is 1.16 bits per heavy atom. The van der Waals surface area contributed by atoms with E-state index in [-0.39, 0.29) is 18.0 Å². The molecule has 0 saturated heterocycles. The standard InChI is InChI=1S/C18H18N4O2S/c1-12(2)13-6-8-14(9-7-13)17-20-21-18(25-17)19-15(23)11-22-10-4-3-5-16(22)24/h3-10,12H,11H2,1-2H3,(H,19,21,23). The highest BCUT2D eigenvalue weighted by atomic mass is 32.1. The van der Waals surface area contributed by atoms with E-state index in [0.29, 0.717) is 11.0 Å². The number of hydrogen-bond donors (Lipinski definition) is 1. The summed E-state index contributed by atoms with van der Waals surface area (Å²) in [4.78, 5) is 23.7. The Labute approximate surface area is 149 Å². The van der Waals surface area contributed by atoms with Gasteiger partial charge in [-0.25, -0.2) is 0 Å². The van der Waals surface area contributed by atoms with Crippen molar-refractivity contribution in [3.8, 4) is 10.6 Å². The van der Waals surface area contributed by atoms with Gasteiger partial charge in [0.15, 0.2) is 0 Å². The van der Waals surface area contributed by atoms with Gasteiger partial charge in [0.1, 0.15) is 11.6 Å². The van der Waals surface area contributed by atoms with Crippen LogP contribution in [0.3, 0.4) is 0 Å². The number of nitrogens with zero attached hydrogens (tertiary/aromatic N) is 3. The lowest BCUT2D eigenvalue weighted by Gasteiger charge is -2.05. The van der Waals surface area contributed by atoms with E-state index in [9.17, 15) is 9.59 Å². The number of hydrogen-bond acceptors (Lipinski definition) is 5. The van der Waals surface area contributed by atoms with E-state index >= 15 is 0 Å². The lowest BCUT2D eigenvalue weighted by atomic mass is 10.0. The van der Waals surface area contributed by atoms with Gasteiger partial charge in [-0.1, -0.05) is 55.5 Å². The summed E-state index contributed by atoms with van der Waals surface area (Å²) in [7, 11) is 0. The number of benzene rings is 1. The molecule has 0 saturated carbocycles. The lowest BCUT2D eigenvalue weighted by Crippen LogP contribution is -2.26. The maximum absolute atomic E-state index is 12.1. The molecule has 0 aliphatic carbocycles. The smallest absolute Gasteiger partial charge is 0.250 e. The van der Waals surface area contributed by atoms with Crippen molar-refractivity contribution < 1.29 is 4.79 Å². The van der Waals surface area contributed by atoms with E-state index in [1.54, 1.807) is 18.3 Å². The van der Waals surface area contributed by atoms with E-state index in [4.69, 9.17) is 0 Å². The van der Waals surface area contributed by atoms with Crippen molar-refractivity contribution in [3.05, 3.63) is 64.6 Å². The number of anilines is 1. The van der Waals surface area contributed by atoms with Gasteiger partial charge in [0.05, 0.1) is 0 Å². The topological polar surface area (TPSA) is 76.9 Å². The molecule has 0 fully saturated rings. The third-order valence-corrected chi connectivity index (χ3v) is 4.60. The minimum Gasteiger partial charge on any atom is -0.306 e. The highest BCUT2D eigenvalue weighted by molar-refractivity contribution is 7.18. The number of rotatable bonds is 5. The molecule has 6 nitrogen and oxygen atoms in total. The number of amides is 1. The van der Waals surface area contributed by atoms with Crippen molar-refractivity contribution in [2.45, 2.75) is 26.3 Å². The Kier molecular flexibility index (Phi) is 5.04. The first-order valence-electron chi connectivity index (χ1n) is 7.92. The Morgan fingerprint density at radius 2 is 1.92 bits per heavy atom. The molecule has 0 aliphatic rings. The summed E-state index contributed by atoms with van der Waals surface area (Å²) < 4.78 is 1.34. The van der Waals surface area contributed by atoms with Crippen LogP contribution in [0.4, 0.5) is 5.13 Å². The number of carbonyl (C=O) groups excluding carboxylic acids is 1. The molecule has 0 radical (unpaired) electrons. The van der Waals surface area contributed by atoms with E-state index < -0.39 is 0 Å². The molecule has 0 bridgehead atoms. The van der Waals surface area contributed by atoms with Crippen LogP contribution in [0.1, 0.15) is 25.3 Å². The van der Waals surface area contributed by atoms with Gasteiger partial charge in [-0.05, 0) is 17.5 Å². The van der Waals surface area contributed by atoms with Crippen LogP contribution in [0.5, 0.6) is 0 Å². The van der Waals surface area contributed by atoms with E-state index in [2.05, 4.69) is 41.5 Å². The summed E-state index contributed by atoms with van der Waals surface area (Å²) in [5.74, 6) is 0.158. The van der Waals surface area contributed by atoms with Crippen molar-refractivity contribution in [2.24, 2.45) is 0 Å². The first kappa shape index (κ1) is 17.0. The number of pyridine rings is 1. The minimum absolute atomic E-state index is 0.0579. The second kappa shape index (κ2) is 7.40. The van der Waals surface area contributed by atoms with Crippen molar-refractivity contribution in [3.63, 3.8) is 0 Å². The monoisotopic (exact) mass is 354 g/mol. The third-order valence-electron chi connectivity index (χ3n) is 3.71. The normalized spacial score (nSPS) is 10.8. The van der Waals surface area contributed by atoms with Gasteiger partial charge < -0.3 is 4.57 Å². The predicted octanol–water partition coefficient (Wildman–Crippen LogP) is 3.13. The van der Waals surface area contributed by atoms with E-state index in [1.807, 2.05) is 12.1 Å². The summed E-state index contributed by atoms with van der Waals surface area (Å²) in [6.07, 6.45) is 1.57. The average Bonchev–Trinajstić information content (AvgIpc) is 3.05. The Balaban J connectivity index is 1.68. The van der Waals surface area contributed by atoms with Gasteiger partial charge in [-0.15, -0.1) is 10.2 Å². The minimum atomic E-state index is -0.314. The molecule has 1 amide bonds. The zero-order valence-electron chi connectivity index (χ0n) is 14.0. The van der Waals surface area contributed by atoms with E-state index in [1.165, 1.54) is 27.5 Å². The first-order valence-corrected chi connectivity index (χ1v) is 8.74. The molecular weight excluding hydrogens is 336 g/mol. The number of aromatic nitrogens is 3. The summed E-state index contributed by atoms with van der Waals surface area (Å²) in [6.45, 7) is 4.23. The van der Waals surface area contributed by atoms with Crippen LogP contribution in [0.2, 0.25) is 0 Å². The molecule has 0 spiro atoms. The second-order valence-corrected chi connectivity index (χ2v) is 6.88. The lowest BCUT2D eigenvalue weighted by molar-refractivity contribution is -0.116. The van der Waals surface area contributed by atoms with Crippen LogP contribution in [0.25, 0.3) is 10.6 Å². The van der Waals surface area contributed by atoms with Crippen LogP contribution in [0.15, 0.2) is 53.5 Å². The summed E-state index contributed by atoms with van der Waals surface area (Å²) in [5, 5.41) is 12.0. The summed E-state index contributed by atoms with van der Waals surface area (Å²) >= 11 is 1.30. The number of nitrogens with one attached hydrogen (secondary N) is 1. The molecule has 3 rings (SSSR count). The largest absolute Gasteiger partial charge is 0.306 e. The fourth-order valence-corrected chi connectivity index (χ4v) is 3.07. The van der Waals surface area contributed by atoms with Crippen molar-refractivity contribution in [1.29, 1.82) is 0 Å². The third kappa shape index (κ3) is 4.19. The van der Waals surface area contributed by atoms with Crippen molar-refractivity contribution in [1.82, 2.24) is 14.8 Å². The molecule has 2 heterocycles. The van der Waals surface area contributed by atoms with Crippen molar-refractivity contribution >= 4 is 22.4 Å². The number of carbonyl (C=O) groups is 1. The van der Waals surface area contributed by atoms with Gasteiger partial charge >= 0.3 is 0 Å². The molecular formula is C18H18N4O2S. The maximum atomic E-state index is 12.1. The molecule has 2 aromatic heterocycles. The quantitative estimate of drug-likeness (QED) is 0.764. The molecule has 0 atom stereocenters. The summed E-state index contributed by atoms with van der Waals surface area (Å²) in [6, 6.07) is 12.9. The summed E-state index contributed by atoms with van der Waals surface area (Å²) in [5.41, 5.74) is 2.00. The first-order chi connectivity index (χ1) is 12.0. The zero-order chi connectivity index (χ0) is 17.8. The predicted molar refractivity (Wildman–Crippen MR) is 98.8 cm³/mol. The van der Waals surface area contributed by atoms with Crippen LogP contribution in [0, 0.1) is 0 Å². The second-order valence-electron chi connectivity index (χ2n) is 5.90. The van der Waals surface area contributed by atoms with Crippen LogP contribution < -0.4 is 10.9 Å². The van der Waals surface area contributed by atoms with Crippen LogP contribution >= 0.6 is 11.3 Å². The van der Waals surface area contributed by atoms with Gasteiger partial charge in [0.25, 0.3) is 5.56 Å². The van der Waals surface area contributed by atoms with Gasteiger partial charge in [-0.3, -0.25) is 14.9 Å². The maximum Gasteiger partial charge on any atom is 0.250 e.